The third kappa shape index (κ3) is 3.65. The fourth-order valence-corrected chi connectivity index (χ4v) is 7.70. The number of benzene rings is 4. The first-order valence-electron chi connectivity index (χ1n) is 12.3. The summed E-state index contributed by atoms with van der Waals surface area (Å²) in [5.74, 6) is 0.520. The van der Waals surface area contributed by atoms with E-state index >= 15 is 0 Å². The van der Waals surface area contributed by atoms with Gasteiger partial charge in [0, 0.05) is 17.4 Å². The van der Waals surface area contributed by atoms with Gasteiger partial charge in [0.15, 0.2) is 15.6 Å². The van der Waals surface area contributed by atoms with E-state index in [0.717, 1.165) is 44.7 Å². The second-order valence-electron chi connectivity index (χ2n) is 9.82. The van der Waals surface area contributed by atoms with Gasteiger partial charge in [0.2, 0.25) is 0 Å². The lowest BCUT2D eigenvalue weighted by Gasteiger charge is -2.38. The number of methoxy groups -OCH3 is 1. The van der Waals surface area contributed by atoms with Crippen molar-refractivity contribution in [3.8, 4) is 5.75 Å². The molecule has 37 heavy (non-hydrogen) atoms. The number of fused-ring (bicyclic) bond motifs is 5. The van der Waals surface area contributed by atoms with E-state index in [2.05, 4.69) is 0 Å². The third-order valence-corrected chi connectivity index (χ3v) is 9.46. The second-order valence-corrected chi connectivity index (χ2v) is 11.8. The first kappa shape index (κ1) is 23.4. The molecule has 0 bridgehead atoms. The molecular weight excluding hydrogens is 480 g/mol. The van der Waals surface area contributed by atoms with Crippen LogP contribution < -0.4 is 4.74 Å². The molecule has 4 nitrogen and oxygen atoms in total. The molecule has 1 atom stereocenters. The summed E-state index contributed by atoms with van der Waals surface area (Å²) >= 11 is 0. The van der Waals surface area contributed by atoms with E-state index in [1.807, 2.05) is 91.9 Å². The summed E-state index contributed by atoms with van der Waals surface area (Å²) in [5.41, 5.74) is 6.12. The van der Waals surface area contributed by atoms with E-state index < -0.39 is 15.3 Å². The summed E-state index contributed by atoms with van der Waals surface area (Å²) in [6.07, 6.45) is 0.0983. The summed E-state index contributed by atoms with van der Waals surface area (Å²) in [4.78, 5) is 13.9. The number of sulfone groups is 1. The second kappa shape index (κ2) is 8.56. The molecule has 5 heteroatoms. The zero-order valence-corrected chi connectivity index (χ0v) is 21.5. The predicted octanol–water partition coefficient (Wildman–Crippen LogP) is 6.27. The molecule has 0 unspecified atom stereocenters. The van der Waals surface area contributed by atoms with E-state index in [1.54, 1.807) is 19.2 Å². The zero-order chi connectivity index (χ0) is 25.8. The number of carbonyl (C=O) groups excluding carboxylic acids is 1. The van der Waals surface area contributed by atoms with Crippen molar-refractivity contribution in [1.82, 2.24) is 0 Å². The topological polar surface area (TPSA) is 60.4 Å². The fourth-order valence-electron chi connectivity index (χ4n) is 5.93. The molecule has 0 amide bonds. The Bertz CT molecular complexity index is 1680. The normalized spacial score (nSPS) is 18.3. The molecule has 4 aromatic carbocycles. The van der Waals surface area contributed by atoms with Crippen molar-refractivity contribution >= 4 is 26.8 Å². The Morgan fingerprint density at radius 1 is 0.784 bits per heavy atom. The van der Waals surface area contributed by atoms with Gasteiger partial charge in [-0.3, -0.25) is 4.79 Å². The summed E-state index contributed by atoms with van der Waals surface area (Å²) in [6, 6.07) is 30.3. The van der Waals surface area contributed by atoms with Crippen LogP contribution in [0.25, 0.3) is 11.1 Å². The van der Waals surface area contributed by atoms with Crippen molar-refractivity contribution in [3.63, 3.8) is 0 Å². The Balaban J connectivity index is 1.66. The largest absolute Gasteiger partial charge is 0.497 e. The van der Waals surface area contributed by atoms with Crippen LogP contribution in [0.3, 0.4) is 0 Å². The van der Waals surface area contributed by atoms with Gasteiger partial charge < -0.3 is 4.74 Å². The maximum Gasteiger partial charge on any atom is 0.179 e. The van der Waals surface area contributed by atoms with Crippen LogP contribution in [0.1, 0.15) is 44.6 Å². The molecule has 0 radical (unpaired) electrons. The van der Waals surface area contributed by atoms with Crippen molar-refractivity contribution in [2.24, 2.45) is 0 Å². The monoisotopic (exact) mass is 506 g/mol. The average molecular weight is 507 g/mol. The Hall–Kier alpha value is -3.96. The van der Waals surface area contributed by atoms with Gasteiger partial charge in [-0.15, -0.1) is 0 Å². The Kier molecular flexibility index (Phi) is 5.42. The van der Waals surface area contributed by atoms with Gasteiger partial charge in [0.25, 0.3) is 0 Å². The SMILES string of the molecule is COc1ccc(C2=C3c4ccccc4C(=O)C[C@]3(CS(=O)(=O)c3ccc(C)cc3)c3ccccc32)cc1. The molecule has 2 aliphatic carbocycles. The number of carbonyl (C=O) groups is 1. The quantitative estimate of drug-likeness (QED) is 0.320. The molecule has 0 saturated heterocycles. The molecule has 4 aromatic rings. The third-order valence-electron chi connectivity index (χ3n) is 7.59. The van der Waals surface area contributed by atoms with Gasteiger partial charge >= 0.3 is 0 Å². The fraction of sp³-hybridized carbons (Fsp3) is 0.156. The molecule has 0 heterocycles. The highest BCUT2D eigenvalue weighted by Gasteiger charge is 2.52. The maximum atomic E-state index is 14.0. The van der Waals surface area contributed by atoms with Crippen molar-refractivity contribution in [2.75, 3.05) is 12.9 Å². The molecule has 0 fully saturated rings. The highest BCUT2D eigenvalue weighted by atomic mass is 32.2. The van der Waals surface area contributed by atoms with Crippen molar-refractivity contribution < 1.29 is 17.9 Å². The van der Waals surface area contributed by atoms with Crippen LogP contribution in [0.4, 0.5) is 0 Å². The Morgan fingerprint density at radius 3 is 2.08 bits per heavy atom. The molecule has 0 saturated carbocycles. The van der Waals surface area contributed by atoms with E-state index in [0.29, 0.717) is 5.56 Å². The number of rotatable bonds is 5. The molecule has 6 rings (SSSR count). The van der Waals surface area contributed by atoms with Crippen LogP contribution in [-0.2, 0) is 15.3 Å². The molecule has 0 N–H and O–H groups in total. The first-order chi connectivity index (χ1) is 17.8. The lowest BCUT2D eigenvalue weighted by Crippen LogP contribution is -2.40. The number of Topliss-reactive ketones (excluding diaryl/α,β-unsaturated/α-hetero) is 1. The summed E-state index contributed by atoms with van der Waals surface area (Å²) < 4.78 is 33.3. The predicted molar refractivity (Wildman–Crippen MR) is 146 cm³/mol. The molecule has 184 valence electrons. The number of ether oxygens (including phenoxy) is 1. The molecule has 0 aliphatic heterocycles. The van der Waals surface area contributed by atoms with E-state index in [4.69, 9.17) is 4.74 Å². The van der Waals surface area contributed by atoms with Crippen LogP contribution >= 0.6 is 0 Å². The maximum absolute atomic E-state index is 14.0. The number of ketones is 1. The average Bonchev–Trinajstić information content (AvgIpc) is 3.18. The summed E-state index contributed by atoms with van der Waals surface area (Å²) in [6.45, 7) is 1.93. The van der Waals surface area contributed by atoms with Gasteiger partial charge in [-0.2, -0.15) is 0 Å². The minimum atomic E-state index is -3.73. The van der Waals surface area contributed by atoms with Gasteiger partial charge in [-0.05, 0) is 64.6 Å². The van der Waals surface area contributed by atoms with E-state index in [9.17, 15) is 13.2 Å². The van der Waals surface area contributed by atoms with Crippen molar-refractivity contribution in [1.29, 1.82) is 0 Å². The van der Waals surface area contributed by atoms with Crippen LogP contribution in [0.2, 0.25) is 0 Å². The summed E-state index contributed by atoms with van der Waals surface area (Å²) in [7, 11) is -2.10. The number of allylic oxidation sites excluding steroid dienone is 1. The minimum absolute atomic E-state index is 0.0377. The van der Waals surface area contributed by atoms with Crippen LogP contribution in [0.5, 0.6) is 5.75 Å². The van der Waals surface area contributed by atoms with Crippen LogP contribution in [0, 0.1) is 6.92 Å². The van der Waals surface area contributed by atoms with Crippen molar-refractivity contribution in [3.05, 3.63) is 130 Å². The molecule has 0 spiro atoms. The summed E-state index contributed by atoms with van der Waals surface area (Å²) in [5, 5.41) is 0. The molecular formula is C32H26O4S. The minimum Gasteiger partial charge on any atom is -0.497 e. The smallest absolute Gasteiger partial charge is 0.179 e. The van der Waals surface area contributed by atoms with Gasteiger partial charge in [0.1, 0.15) is 5.75 Å². The molecule has 2 aliphatic rings. The highest BCUT2D eigenvalue weighted by Crippen LogP contribution is 2.58. The van der Waals surface area contributed by atoms with Gasteiger partial charge in [0.05, 0.1) is 17.8 Å². The van der Waals surface area contributed by atoms with Gasteiger partial charge in [-0.1, -0.05) is 78.4 Å². The Labute approximate surface area is 217 Å². The Morgan fingerprint density at radius 2 is 1.41 bits per heavy atom. The van der Waals surface area contributed by atoms with Crippen LogP contribution in [-0.4, -0.2) is 27.1 Å². The number of hydrogen-bond acceptors (Lipinski definition) is 4. The lowest BCUT2D eigenvalue weighted by atomic mass is 9.67. The standard InChI is InChI=1S/C32H26O4S/c1-21-11-17-24(18-12-21)37(34,35)20-32-19-29(33)25-7-3-4-8-26(25)31(32)30(27-9-5-6-10-28(27)32)22-13-15-23(36-2)16-14-22/h3-18H,19-20H2,1-2H3/t32-/m0/s1. The molecule has 0 aromatic heterocycles. The number of aryl methyl sites for hydroxylation is 1. The lowest BCUT2D eigenvalue weighted by molar-refractivity contribution is 0.0961. The zero-order valence-electron chi connectivity index (χ0n) is 20.7. The van der Waals surface area contributed by atoms with E-state index in [1.165, 1.54) is 0 Å². The van der Waals surface area contributed by atoms with E-state index in [-0.39, 0.29) is 22.9 Å². The highest BCUT2D eigenvalue weighted by molar-refractivity contribution is 7.91. The van der Waals surface area contributed by atoms with Gasteiger partial charge in [-0.25, -0.2) is 8.42 Å². The van der Waals surface area contributed by atoms with Crippen LogP contribution in [0.15, 0.2) is 102 Å². The first-order valence-corrected chi connectivity index (χ1v) is 13.9. The number of hydrogen-bond donors (Lipinski definition) is 0. The van der Waals surface area contributed by atoms with Crippen molar-refractivity contribution in [2.45, 2.75) is 23.7 Å².